The van der Waals surface area contributed by atoms with Crippen LogP contribution in [0.1, 0.15) is 64.7 Å². The molecule has 3 heteroatoms. The zero-order valence-corrected chi connectivity index (χ0v) is 11.2. The second-order valence-corrected chi connectivity index (χ2v) is 4.61. The molecule has 0 bridgehead atoms. The smallest absolute Gasteiger partial charge is 0.223 e. The summed E-state index contributed by atoms with van der Waals surface area (Å²) < 4.78 is 5.28. The van der Waals surface area contributed by atoms with Gasteiger partial charge in [-0.1, -0.05) is 51.9 Å². The fourth-order valence-corrected chi connectivity index (χ4v) is 1.67. The van der Waals surface area contributed by atoms with Crippen LogP contribution in [0.4, 0.5) is 0 Å². The molecular weight excluding hydrogens is 224 g/mol. The van der Waals surface area contributed by atoms with Gasteiger partial charge in [-0.05, 0) is 18.0 Å². The molecule has 0 amide bonds. The summed E-state index contributed by atoms with van der Waals surface area (Å²) in [7, 11) is 0. The molecule has 0 atom stereocenters. The van der Waals surface area contributed by atoms with E-state index in [4.69, 9.17) is 16.3 Å². The van der Waals surface area contributed by atoms with Crippen LogP contribution in [0.25, 0.3) is 0 Å². The maximum atomic E-state index is 10.4. The maximum Gasteiger partial charge on any atom is 0.223 e. The van der Waals surface area contributed by atoms with E-state index in [0.717, 1.165) is 13.0 Å². The first-order valence-corrected chi connectivity index (χ1v) is 6.91. The number of unbranched alkanes of at least 4 members (excludes halogenated alkanes) is 7. The van der Waals surface area contributed by atoms with E-state index in [1.165, 1.54) is 44.9 Å². The third-order valence-corrected chi connectivity index (χ3v) is 2.77. The third-order valence-electron chi connectivity index (χ3n) is 2.59. The first-order chi connectivity index (χ1) is 7.77. The highest BCUT2D eigenvalue weighted by molar-refractivity contribution is 6.63. The minimum Gasteiger partial charge on any atom is -0.381 e. The van der Waals surface area contributed by atoms with Crippen molar-refractivity contribution in [2.45, 2.75) is 64.7 Å². The second-order valence-electron chi connectivity index (χ2n) is 4.19. The van der Waals surface area contributed by atoms with Crippen molar-refractivity contribution in [3.63, 3.8) is 0 Å². The highest BCUT2D eigenvalue weighted by atomic mass is 35.5. The second kappa shape index (κ2) is 13.0. The highest BCUT2D eigenvalue weighted by Crippen LogP contribution is 2.08. The van der Waals surface area contributed by atoms with Gasteiger partial charge in [0.15, 0.2) is 0 Å². The molecule has 0 aliphatic rings. The van der Waals surface area contributed by atoms with E-state index in [-0.39, 0.29) is 5.24 Å². The molecule has 96 valence electrons. The number of halogens is 1. The lowest BCUT2D eigenvalue weighted by atomic mass is 10.1. The van der Waals surface area contributed by atoms with Crippen molar-refractivity contribution in [3.8, 4) is 0 Å². The van der Waals surface area contributed by atoms with Crippen molar-refractivity contribution in [1.82, 2.24) is 0 Å². The van der Waals surface area contributed by atoms with Crippen molar-refractivity contribution >= 4 is 16.8 Å². The number of carbonyl (C=O) groups excluding carboxylic acids is 1. The van der Waals surface area contributed by atoms with Crippen LogP contribution in [0.15, 0.2) is 0 Å². The zero-order chi connectivity index (χ0) is 12.1. The molecular formula is C13H25ClO2. The molecule has 0 rings (SSSR count). The number of hydrogen-bond acceptors (Lipinski definition) is 2. The van der Waals surface area contributed by atoms with Gasteiger partial charge in [-0.2, -0.15) is 0 Å². The summed E-state index contributed by atoms with van der Waals surface area (Å²) in [5.74, 6) is 0. The average molecular weight is 249 g/mol. The Kier molecular flexibility index (Phi) is 12.9. The van der Waals surface area contributed by atoms with Crippen LogP contribution in [0.3, 0.4) is 0 Å². The Hall–Kier alpha value is -0.0800. The molecule has 0 aliphatic carbocycles. The van der Waals surface area contributed by atoms with Gasteiger partial charge in [0.25, 0.3) is 0 Å². The fourth-order valence-electron chi connectivity index (χ4n) is 1.59. The van der Waals surface area contributed by atoms with Gasteiger partial charge in [-0.3, -0.25) is 4.79 Å². The van der Waals surface area contributed by atoms with Crippen molar-refractivity contribution in [2.75, 3.05) is 13.2 Å². The van der Waals surface area contributed by atoms with E-state index in [1.54, 1.807) is 0 Å². The van der Waals surface area contributed by atoms with Crippen LogP contribution >= 0.6 is 11.6 Å². The Labute approximate surface area is 105 Å². The number of carbonyl (C=O) groups is 1. The highest BCUT2D eigenvalue weighted by Gasteiger charge is 1.95. The summed E-state index contributed by atoms with van der Waals surface area (Å²) in [6, 6.07) is 0. The van der Waals surface area contributed by atoms with Gasteiger partial charge in [0.2, 0.25) is 5.24 Å². The molecule has 0 fully saturated rings. The van der Waals surface area contributed by atoms with Crippen molar-refractivity contribution in [3.05, 3.63) is 0 Å². The van der Waals surface area contributed by atoms with Crippen LogP contribution in [-0.2, 0) is 9.53 Å². The fraction of sp³-hybridized carbons (Fsp3) is 0.923. The third kappa shape index (κ3) is 13.9. The predicted octanol–water partition coefficient (Wildman–Crippen LogP) is 4.30. The van der Waals surface area contributed by atoms with Crippen LogP contribution in [0.5, 0.6) is 0 Å². The van der Waals surface area contributed by atoms with E-state index in [9.17, 15) is 4.79 Å². The molecule has 0 aromatic heterocycles. The van der Waals surface area contributed by atoms with Crippen molar-refractivity contribution < 1.29 is 9.53 Å². The molecule has 0 aromatic rings. The van der Waals surface area contributed by atoms with Crippen molar-refractivity contribution in [1.29, 1.82) is 0 Å². The topological polar surface area (TPSA) is 26.3 Å². The maximum absolute atomic E-state index is 10.4. The van der Waals surface area contributed by atoms with E-state index >= 15 is 0 Å². The summed E-state index contributed by atoms with van der Waals surface area (Å²) in [6.07, 6.45) is 10.8. The predicted molar refractivity (Wildman–Crippen MR) is 68.9 cm³/mol. The van der Waals surface area contributed by atoms with Crippen molar-refractivity contribution in [2.24, 2.45) is 0 Å². The minimum absolute atomic E-state index is 0.309. The van der Waals surface area contributed by atoms with E-state index in [0.29, 0.717) is 13.0 Å². The molecule has 0 saturated carbocycles. The number of ether oxygens (including phenoxy) is 1. The van der Waals surface area contributed by atoms with E-state index < -0.39 is 0 Å². The molecule has 0 aliphatic heterocycles. The molecule has 2 nitrogen and oxygen atoms in total. The summed E-state index contributed by atoms with van der Waals surface area (Å²) in [4.78, 5) is 10.4. The largest absolute Gasteiger partial charge is 0.381 e. The molecule has 0 unspecified atom stereocenters. The quantitative estimate of drug-likeness (QED) is 0.380. The molecule has 16 heavy (non-hydrogen) atoms. The van der Waals surface area contributed by atoms with Crippen LogP contribution in [-0.4, -0.2) is 18.5 Å². The lowest BCUT2D eigenvalue weighted by Gasteiger charge is -2.03. The van der Waals surface area contributed by atoms with Gasteiger partial charge >= 0.3 is 0 Å². The molecule has 0 spiro atoms. The first-order valence-electron chi connectivity index (χ1n) is 6.53. The Morgan fingerprint density at radius 3 is 2.06 bits per heavy atom. The van der Waals surface area contributed by atoms with Gasteiger partial charge < -0.3 is 4.74 Å². The first kappa shape index (κ1) is 15.9. The number of rotatable bonds is 12. The lowest BCUT2D eigenvalue weighted by molar-refractivity contribution is -0.112. The Balaban J connectivity index is 2.90. The normalized spacial score (nSPS) is 10.6. The average Bonchev–Trinajstić information content (AvgIpc) is 2.25. The molecule has 0 N–H and O–H groups in total. The van der Waals surface area contributed by atoms with Gasteiger partial charge in [0.1, 0.15) is 0 Å². The summed E-state index contributed by atoms with van der Waals surface area (Å²) in [6.45, 7) is 3.47. The van der Waals surface area contributed by atoms with Gasteiger partial charge in [-0.25, -0.2) is 0 Å². The summed E-state index contributed by atoms with van der Waals surface area (Å²) in [5, 5.41) is -0.309. The molecule has 0 saturated heterocycles. The summed E-state index contributed by atoms with van der Waals surface area (Å²) in [5.41, 5.74) is 0. The monoisotopic (exact) mass is 248 g/mol. The molecule has 0 radical (unpaired) electrons. The molecule has 0 aromatic carbocycles. The molecule has 0 heterocycles. The van der Waals surface area contributed by atoms with Crippen LogP contribution in [0.2, 0.25) is 0 Å². The van der Waals surface area contributed by atoms with Crippen LogP contribution < -0.4 is 0 Å². The Morgan fingerprint density at radius 1 is 0.938 bits per heavy atom. The Bertz CT molecular complexity index is 160. The SMILES string of the molecule is CCCCCCCCCCOCCC(=O)Cl. The standard InChI is InChI=1S/C13H25ClO2/c1-2-3-4-5-6-7-8-9-11-16-12-10-13(14)15/h2-12H2,1H3. The van der Waals surface area contributed by atoms with Gasteiger partial charge in [0, 0.05) is 13.0 Å². The van der Waals surface area contributed by atoms with Gasteiger partial charge in [0.05, 0.1) is 6.61 Å². The minimum atomic E-state index is -0.309. The van der Waals surface area contributed by atoms with E-state index in [2.05, 4.69) is 6.92 Å². The zero-order valence-electron chi connectivity index (χ0n) is 10.5. The van der Waals surface area contributed by atoms with Gasteiger partial charge in [-0.15, -0.1) is 0 Å². The number of hydrogen-bond donors (Lipinski definition) is 0. The summed E-state index contributed by atoms with van der Waals surface area (Å²) >= 11 is 5.18. The lowest BCUT2D eigenvalue weighted by Crippen LogP contribution is -2.00. The van der Waals surface area contributed by atoms with E-state index in [1.807, 2.05) is 0 Å². The Morgan fingerprint density at radius 2 is 1.50 bits per heavy atom. The van der Waals surface area contributed by atoms with Crippen LogP contribution in [0, 0.1) is 0 Å².